The van der Waals surface area contributed by atoms with Gasteiger partial charge in [-0.3, -0.25) is 9.59 Å². The van der Waals surface area contributed by atoms with E-state index in [1.807, 2.05) is 41.6 Å². The summed E-state index contributed by atoms with van der Waals surface area (Å²) in [5, 5.41) is 8.54. The van der Waals surface area contributed by atoms with E-state index in [1.165, 1.54) is 0 Å². The predicted octanol–water partition coefficient (Wildman–Crippen LogP) is 4.57. The molecule has 0 atom stereocenters. The van der Waals surface area contributed by atoms with Crippen molar-refractivity contribution in [2.24, 2.45) is 5.92 Å². The summed E-state index contributed by atoms with van der Waals surface area (Å²) in [6.45, 7) is 11.3. The maximum Gasteiger partial charge on any atom is 0.254 e. The van der Waals surface area contributed by atoms with Crippen molar-refractivity contribution in [1.29, 1.82) is 0 Å². The average molecular weight is 475 g/mol. The molecule has 0 unspecified atom stereocenters. The summed E-state index contributed by atoms with van der Waals surface area (Å²) in [4.78, 5) is 37.7. The molecule has 0 bridgehead atoms. The number of carbonyl (C=O) groups is 2. The highest BCUT2D eigenvalue weighted by Gasteiger charge is 2.33. The van der Waals surface area contributed by atoms with Crippen LogP contribution in [-0.4, -0.2) is 49.6 Å². The topological polar surface area (TPSA) is 93.0 Å². The van der Waals surface area contributed by atoms with Gasteiger partial charge in [0.15, 0.2) is 5.65 Å². The van der Waals surface area contributed by atoms with Gasteiger partial charge in [-0.15, -0.1) is 0 Å². The number of nitrogens with zero attached hydrogens (tertiary/aromatic N) is 5. The SMILES string of the molecule is Cc1ccc(NC(=O)C2CCN(C(=O)c3cc(C4CC4)nc4c3c(C)nn4C(C)(C)C)CC2)nc1. The summed E-state index contributed by atoms with van der Waals surface area (Å²) in [6.07, 6.45) is 5.24. The minimum Gasteiger partial charge on any atom is -0.339 e. The van der Waals surface area contributed by atoms with Crippen LogP contribution in [0.4, 0.5) is 5.82 Å². The summed E-state index contributed by atoms with van der Waals surface area (Å²) in [5.74, 6) is 0.844. The summed E-state index contributed by atoms with van der Waals surface area (Å²) in [6, 6.07) is 5.74. The van der Waals surface area contributed by atoms with Crippen molar-refractivity contribution < 1.29 is 9.59 Å². The summed E-state index contributed by atoms with van der Waals surface area (Å²) >= 11 is 0. The van der Waals surface area contributed by atoms with Crippen molar-refractivity contribution in [3.05, 3.63) is 46.9 Å². The van der Waals surface area contributed by atoms with E-state index in [4.69, 9.17) is 10.1 Å². The molecule has 1 N–H and O–H groups in total. The quantitative estimate of drug-likeness (QED) is 0.598. The Morgan fingerprint density at radius 2 is 1.77 bits per heavy atom. The van der Waals surface area contributed by atoms with Gasteiger partial charge in [-0.05, 0) is 78.0 Å². The fourth-order valence-electron chi connectivity index (χ4n) is 4.82. The molecule has 1 aliphatic carbocycles. The number of amides is 2. The normalized spacial score (nSPS) is 17.1. The Morgan fingerprint density at radius 1 is 1.06 bits per heavy atom. The molecule has 1 aliphatic heterocycles. The highest BCUT2D eigenvalue weighted by atomic mass is 16.2. The van der Waals surface area contributed by atoms with E-state index in [0.29, 0.717) is 43.2 Å². The molecule has 3 aromatic heterocycles. The number of pyridine rings is 2. The van der Waals surface area contributed by atoms with E-state index in [1.54, 1.807) is 6.20 Å². The van der Waals surface area contributed by atoms with Crippen LogP contribution in [0.2, 0.25) is 0 Å². The van der Waals surface area contributed by atoms with Gasteiger partial charge in [0.2, 0.25) is 5.91 Å². The van der Waals surface area contributed by atoms with Gasteiger partial charge in [0.1, 0.15) is 5.82 Å². The molecule has 8 heteroatoms. The van der Waals surface area contributed by atoms with Crippen LogP contribution in [0.5, 0.6) is 0 Å². The number of anilines is 1. The van der Waals surface area contributed by atoms with E-state index < -0.39 is 0 Å². The lowest BCUT2D eigenvalue weighted by molar-refractivity contribution is -0.121. The molecule has 1 saturated carbocycles. The first kappa shape index (κ1) is 23.5. The number of hydrogen-bond acceptors (Lipinski definition) is 5. The average Bonchev–Trinajstić information content (AvgIpc) is 3.62. The van der Waals surface area contributed by atoms with E-state index in [-0.39, 0.29) is 23.3 Å². The van der Waals surface area contributed by atoms with Crippen molar-refractivity contribution in [2.75, 3.05) is 18.4 Å². The number of hydrogen-bond donors (Lipinski definition) is 1. The summed E-state index contributed by atoms with van der Waals surface area (Å²) in [7, 11) is 0. The Labute approximate surface area is 206 Å². The molecule has 184 valence electrons. The molecule has 2 aliphatic rings. The number of carbonyl (C=O) groups excluding carboxylic acids is 2. The third-order valence-electron chi connectivity index (χ3n) is 7.01. The Kier molecular flexibility index (Phi) is 5.85. The Balaban J connectivity index is 1.36. The van der Waals surface area contributed by atoms with Gasteiger partial charge in [0.05, 0.1) is 22.2 Å². The van der Waals surface area contributed by atoms with Gasteiger partial charge in [-0.1, -0.05) is 6.07 Å². The van der Waals surface area contributed by atoms with Crippen molar-refractivity contribution in [3.63, 3.8) is 0 Å². The molecule has 0 spiro atoms. The first-order chi connectivity index (χ1) is 16.6. The van der Waals surface area contributed by atoms with Crippen LogP contribution in [-0.2, 0) is 10.3 Å². The van der Waals surface area contributed by atoms with Crippen LogP contribution in [0.25, 0.3) is 11.0 Å². The zero-order valence-electron chi connectivity index (χ0n) is 21.3. The first-order valence-electron chi connectivity index (χ1n) is 12.6. The van der Waals surface area contributed by atoms with Crippen LogP contribution < -0.4 is 5.32 Å². The standard InChI is InChI=1S/C27H34N6O2/c1-16-6-9-22(28-15-16)30-25(34)19-10-12-32(13-11-19)26(35)20-14-21(18-7-8-18)29-24-23(20)17(2)31-33(24)27(3,4)5/h6,9,14-15,18-19H,7-8,10-13H2,1-5H3,(H,28,30,34). The minimum absolute atomic E-state index is 0.00918. The number of aromatic nitrogens is 4. The lowest BCUT2D eigenvalue weighted by atomic mass is 9.95. The second-order valence-electron chi connectivity index (χ2n) is 11.0. The zero-order chi connectivity index (χ0) is 24.9. The van der Waals surface area contributed by atoms with E-state index in [0.717, 1.165) is 40.8 Å². The van der Waals surface area contributed by atoms with Crippen molar-refractivity contribution >= 4 is 28.7 Å². The van der Waals surface area contributed by atoms with Gasteiger partial charge in [0, 0.05) is 36.8 Å². The zero-order valence-corrected chi connectivity index (χ0v) is 21.3. The molecule has 8 nitrogen and oxygen atoms in total. The van der Waals surface area contributed by atoms with E-state index >= 15 is 0 Å². The van der Waals surface area contributed by atoms with Crippen molar-refractivity contribution in [1.82, 2.24) is 24.6 Å². The number of aryl methyl sites for hydroxylation is 2. The fourth-order valence-corrected chi connectivity index (χ4v) is 4.82. The molecule has 35 heavy (non-hydrogen) atoms. The van der Waals surface area contributed by atoms with E-state index in [9.17, 15) is 9.59 Å². The summed E-state index contributed by atoms with van der Waals surface area (Å²) in [5.41, 5.74) is 4.12. The van der Waals surface area contributed by atoms with E-state index in [2.05, 4.69) is 31.1 Å². The molecule has 3 aromatic rings. The van der Waals surface area contributed by atoms with Crippen molar-refractivity contribution in [3.8, 4) is 0 Å². The molecule has 2 fully saturated rings. The number of likely N-dealkylation sites (tertiary alicyclic amines) is 1. The number of piperidine rings is 1. The second kappa shape index (κ2) is 8.73. The number of fused-ring (bicyclic) bond motifs is 1. The second-order valence-corrected chi connectivity index (χ2v) is 11.0. The van der Waals surface area contributed by atoms with Gasteiger partial charge in [-0.25, -0.2) is 14.6 Å². The predicted molar refractivity (Wildman–Crippen MR) is 135 cm³/mol. The highest BCUT2D eigenvalue weighted by Crippen LogP contribution is 2.41. The number of nitrogens with one attached hydrogen (secondary N) is 1. The van der Waals surface area contributed by atoms with Crippen LogP contribution in [0, 0.1) is 19.8 Å². The van der Waals surface area contributed by atoms with Crippen LogP contribution in [0.15, 0.2) is 24.4 Å². The van der Waals surface area contributed by atoms with Crippen LogP contribution in [0.3, 0.4) is 0 Å². The minimum atomic E-state index is -0.236. The maximum absolute atomic E-state index is 13.8. The lowest BCUT2D eigenvalue weighted by Gasteiger charge is -2.31. The summed E-state index contributed by atoms with van der Waals surface area (Å²) < 4.78 is 1.95. The molecule has 1 saturated heterocycles. The van der Waals surface area contributed by atoms with Gasteiger partial charge < -0.3 is 10.2 Å². The van der Waals surface area contributed by atoms with Crippen molar-refractivity contribution in [2.45, 2.75) is 71.8 Å². The maximum atomic E-state index is 13.8. The molecule has 0 radical (unpaired) electrons. The van der Waals surface area contributed by atoms with Gasteiger partial charge in [-0.2, -0.15) is 5.10 Å². The smallest absolute Gasteiger partial charge is 0.254 e. The number of rotatable bonds is 4. The van der Waals surface area contributed by atoms with Gasteiger partial charge in [0.25, 0.3) is 5.91 Å². The molecular formula is C27H34N6O2. The molecule has 5 rings (SSSR count). The molecule has 0 aromatic carbocycles. The molecule has 4 heterocycles. The molecule has 2 amide bonds. The molecular weight excluding hydrogens is 440 g/mol. The first-order valence-corrected chi connectivity index (χ1v) is 12.6. The Morgan fingerprint density at radius 3 is 2.37 bits per heavy atom. The third kappa shape index (κ3) is 4.66. The monoisotopic (exact) mass is 474 g/mol. The fraction of sp³-hybridized carbons (Fsp3) is 0.519. The van der Waals surface area contributed by atoms with Crippen LogP contribution in [0.1, 0.15) is 79.7 Å². The Hall–Kier alpha value is -3.29. The van der Waals surface area contributed by atoms with Gasteiger partial charge >= 0.3 is 0 Å². The van der Waals surface area contributed by atoms with Crippen LogP contribution >= 0.6 is 0 Å². The Bertz CT molecular complexity index is 1280. The largest absolute Gasteiger partial charge is 0.339 e. The third-order valence-corrected chi connectivity index (χ3v) is 7.01. The lowest BCUT2D eigenvalue weighted by Crippen LogP contribution is -2.41. The highest BCUT2D eigenvalue weighted by molar-refractivity contribution is 6.06.